The second kappa shape index (κ2) is 7.53. The fourth-order valence-electron chi connectivity index (χ4n) is 2.74. The molecular weight excluding hydrogens is 311 g/mol. The molecule has 1 aromatic carbocycles. The van der Waals surface area contributed by atoms with Gasteiger partial charge in [-0.2, -0.15) is 4.98 Å². The van der Waals surface area contributed by atoms with E-state index in [4.69, 9.17) is 4.52 Å². The van der Waals surface area contributed by atoms with Crippen molar-refractivity contribution in [2.24, 2.45) is 0 Å². The molecule has 2 heterocycles. The number of rotatable bonds is 5. The molecule has 1 fully saturated rings. The molecule has 1 amide bonds. The van der Waals surface area contributed by atoms with Crippen molar-refractivity contribution in [3.8, 4) is 11.4 Å². The van der Waals surface area contributed by atoms with Crippen LogP contribution in [0.25, 0.3) is 11.4 Å². The zero-order chi connectivity index (χ0) is 16.9. The molecule has 1 aliphatic rings. The molecule has 1 aliphatic heterocycles. The maximum Gasteiger partial charge on any atom is 0.227 e. The zero-order valence-electron chi connectivity index (χ0n) is 13.6. The first kappa shape index (κ1) is 16.6. The zero-order valence-corrected chi connectivity index (χ0v) is 13.6. The normalized spacial score (nSPS) is 15.4. The van der Waals surface area contributed by atoms with Crippen LogP contribution in [-0.2, 0) is 11.2 Å². The number of aryl methyl sites for hydroxylation is 2. The van der Waals surface area contributed by atoms with Crippen LogP contribution in [-0.4, -0.2) is 35.2 Å². The molecular formula is C17H21FN4O2. The Morgan fingerprint density at radius 3 is 2.96 bits per heavy atom. The van der Waals surface area contributed by atoms with Gasteiger partial charge in [0, 0.05) is 24.4 Å². The Balaban J connectivity index is 1.53. The third-order valence-corrected chi connectivity index (χ3v) is 4.15. The molecule has 128 valence electrons. The van der Waals surface area contributed by atoms with Crippen molar-refractivity contribution in [1.82, 2.24) is 20.8 Å². The van der Waals surface area contributed by atoms with Gasteiger partial charge in [-0.1, -0.05) is 5.16 Å². The van der Waals surface area contributed by atoms with Crippen LogP contribution in [0, 0.1) is 12.7 Å². The van der Waals surface area contributed by atoms with Crippen LogP contribution in [0.2, 0.25) is 0 Å². The number of nitrogens with zero attached hydrogens (tertiary/aromatic N) is 2. The van der Waals surface area contributed by atoms with Gasteiger partial charge >= 0.3 is 0 Å². The minimum Gasteiger partial charge on any atom is -0.353 e. The predicted octanol–water partition coefficient (Wildman–Crippen LogP) is 1.98. The highest BCUT2D eigenvalue weighted by molar-refractivity contribution is 5.76. The van der Waals surface area contributed by atoms with Crippen molar-refractivity contribution in [2.75, 3.05) is 13.1 Å². The smallest absolute Gasteiger partial charge is 0.227 e. The maximum atomic E-state index is 13.3. The lowest BCUT2D eigenvalue weighted by Crippen LogP contribution is -2.42. The van der Waals surface area contributed by atoms with E-state index >= 15 is 0 Å². The summed E-state index contributed by atoms with van der Waals surface area (Å²) < 4.78 is 18.5. The maximum absolute atomic E-state index is 13.3. The standard InChI is InChI=1S/C17H21FN4O2/c1-11-10-12(2-3-14(11)18)17-21-16(24-22-17)5-4-15(23)20-13-6-8-19-9-7-13/h2-3,10,13,19H,4-9H2,1H3,(H,20,23). The molecule has 2 N–H and O–H groups in total. The summed E-state index contributed by atoms with van der Waals surface area (Å²) >= 11 is 0. The highest BCUT2D eigenvalue weighted by Gasteiger charge is 2.16. The number of benzene rings is 1. The molecule has 1 saturated heterocycles. The lowest BCUT2D eigenvalue weighted by atomic mass is 10.1. The van der Waals surface area contributed by atoms with E-state index in [1.165, 1.54) is 6.07 Å². The topological polar surface area (TPSA) is 80.0 Å². The third kappa shape index (κ3) is 4.17. The van der Waals surface area contributed by atoms with Gasteiger partial charge < -0.3 is 15.2 Å². The van der Waals surface area contributed by atoms with E-state index in [1.54, 1.807) is 19.1 Å². The van der Waals surface area contributed by atoms with Crippen molar-refractivity contribution >= 4 is 5.91 Å². The van der Waals surface area contributed by atoms with Crippen LogP contribution in [0.5, 0.6) is 0 Å². The molecule has 7 heteroatoms. The molecule has 0 unspecified atom stereocenters. The molecule has 0 radical (unpaired) electrons. The molecule has 0 saturated carbocycles. The van der Waals surface area contributed by atoms with Gasteiger partial charge in [0.15, 0.2) is 0 Å². The van der Waals surface area contributed by atoms with Gasteiger partial charge in [0.25, 0.3) is 0 Å². The first-order valence-electron chi connectivity index (χ1n) is 8.21. The third-order valence-electron chi connectivity index (χ3n) is 4.15. The Kier molecular flexibility index (Phi) is 5.20. The van der Waals surface area contributed by atoms with Crippen molar-refractivity contribution in [2.45, 2.75) is 38.6 Å². The molecule has 2 aromatic rings. The number of hydrogen-bond acceptors (Lipinski definition) is 5. The molecule has 24 heavy (non-hydrogen) atoms. The van der Waals surface area contributed by atoms with Crippen molar-refractivity contribution < 1.29 is 13.7 Å². The SMILES string of the molecule is Cc1cc(-c2noc(CCC(=O)NC3CCNCC3)n2)ccc1F. The van der Waals surface area contributed by atoms with Gasteiger partial charge in [0.2, 0.25) is 17.6 Å². The van der Waals surface area contributed by atoms with Crippen molar-refractivity contribution in [3.05, 3.63) is 35.5 Å². The quantitative estimate of drug-likeness (QED) is 0.875. The highest BCUT2D eigenvalue weighted by Crippen LogP contribution is 2.19. The van der Waals surface area contributed by atoms with E-state index < -0.39 is 0 Å². The summed E-state index contributed by atoms with van der Waals surface area (Å²) in [5.74, 6) is 0.552. The van der Waals surface area contributed by atoms with Crippen LogP contribution in [0.1, 0.15) is 30.7 Å². The van der Waals surface area contributed by atoms with Crippen LogP contribution in [0.3, 0.4) is 0 Å². The van der Waals surface area contributed by atoms with E-state index in [0.717, 1.165) is 25.9 Å². The summed E-state index contributed by atoms with van der Waals surface area (Å²) in [5.41, 5.74) is 1.23. The number of halogens is 1. The minimum atomic E-state index is -0.267. The van der Waals surface area contributed by atoms with Gasteiger partial charge in [-0.3, -0.25) is 4.79 Å². The lowest BCUT2D eigenvalue weighted by Gasteiger charge is -2.23. The van der Waals surface area contributed by atoms with Crippen LogP contribution < -0.4 is 10.6 Å². The Hall–Kier alpha value is -2.28. The summed E-state index contributed by atoms with van der Waals surface area (Å²) in [6.45, 7) is 3.56. The van der Waals surface area contributed by atoms with Gasteiger partial charge in [0.05, 0.1) is 0 Å². The molecule has 3 rings (SSSR count). The van der Waals surface area contributed by atoms with Gasteiger partial charge in [0.1, 0.15) is 5.82 Å². The number of piperidine rings is 1. The largest absolute Gasteiger partial charge is 0.353 e. The Bertz CT molecular complexity index is 710. The van der Waals surface area contributed by atoms with E-state index in [2.05, 4.69) is 20.8 Å². The summed E-state index contributed by atoms with van der Waals surface area (Å²) in [7, 11) is 0. The first-order valence-corrected chi connectivity index (χ1v) is 8.21. The predicted molar refractivity (Wildman–Crippen MR) is 86.8 cm³/mol. The Morgan fingerprint density at radius 1 is 1.42 bits per heavy atom. The van der Waals surface area contributed by atoms with E-state index in [0.29, 0.717) is 35.7 Å². The molecule has 1 aromatic heterocycles. The molecule has 0 aliphatic carbocycles. The minimum absolute atomic E-state index is 0.000670. The number of carbonyl (C=O) groups excluding carboxylic acids is 1. The van der Waals surface area contributed by atoms with Crippen LogP contribution >= 0.6 is 0 Å². The lowest BCUT2D eigenvalue weighted by molar-refractivity contribution is -0.122. The monoisotopic (exact) mass is 332 g/mol. The first-order chi connectivity index (χ1) is 11.6. The van der Waals surface area contributed by atoms with Gasteiger partial charge in [-0.15, -0.1) is 0 Å². The number of aromatic nitrogens is 2. The number of amides is 1. The fraction of sp³-hybridized carbons (Fsp3) is 0.471. The highest BCUT2D eigenvalue weighted by atomic mass is 19.1. The number of carbonyl (C=O) groups is 1. The summed E-state index contributed by atoms with van der Waals surface area (Å²) in [4.78, 5) is 16.3. The molecule has 6 nitrogen and oxygen atoms in total. The second-order valence-corrected chi connectivity index (χ2v) is 6.07. The van der Waals surface area contributed by atoms with Crippen LogP contribution in [0.15, 0.2) is 22.7 Å². The van der Waals surface area contributed by atoms with Crippen molar-refractivity contribution in [3.63, 3.8) is 0 Å². The summed E-state index contributed by atoms with van der Waals surface area (Å²) in [6, 6.07) is 4.92. The molecule has 0 atom stereocenters. The average molecular weight is 332 g/mol. The van der Waals surface area contributed by atoms with E-state index in [1.807, 2.05) is 0 Å². The van der Waals surface area contributed by atoms with Crippen LogP contribution in [0.4, 0.5) is 4.39 Å². The van der Waals surface area contributed by atoms with E-state index in [9.17, 15) is 9.18 Å². The Morgan fingerprint density at radius 2 is 2.21 bits per heavy atom. The van der Waals surface area contributed by atoms with Crippen molar-refractivity contribution in [1.29, 1.82) is 0 Å². The van der Waals surface area contributed by atoms with Gasteiger partial charge in [-0.25, -0.2) is 4.39 Å². The summed E-state index contributed by atoms with van der Waals surface area (Å²) in [6.07, 6.45) is 2.62. The number of nitrogens with one attached hydrogen (secondary N) is 2. The fourth-order valence-corrected chi connectivity index (χ4v) is 2.74. The Labute approximate surface area is 139 Å². The molecule has 0 spiro atoms. The summed E-state index contributed by atoms with van der Waals surface area (Å²) in [5, 5.41) is 10.2. The van der Waals surface area contributed by atoms with Gasteiger partial charge in [-0.05, 0) is 56.6 Å². The molecule has 0 bridgehead atoms. The average Bonchev–Trinajstić information content (AvgIpc) is 3.05. The number of hydrogen-bond donors (Lipinski definition) is 2. The second-order valence-electron chi connectivity index (χ2n) is 6.07. The van der Waals surface area contributed by atoms with E-state index in [-0.39, 0.29) is 17.8 Å².